The summed E-state index contributed by atoms with van der Waals surface area (Å²) in [6.45, 7) is 2.23. The Bertz CT molecular complexity index is 433. The van der Waals surface area contributed by atoms with Gasteiger partial charge in [-0.1, -0.05) is 11.6 Å². The number of aryl methyl sites for hydroxylation is 1. The molecule has 0 saturated heterocycles. The fourth-order valence-corrected chi connectivity index (χ4v) is 1.96. The SMILES string of the molecule is Cc1cc([N+](=O)[O-])c(Cl)cc1N(CCO)CCO. The van der Waals surface area contributed by atoms with Crippen LogP contribution in [0.25, 0.3) is 0 Å². The molecule has 0 heterocycles. The zero-order chi connectivity index (χ0) is 13.7. The van der Waals surface area contributed by atoms with Gasteiger partial charge in [0.1, 0.15) is 5.02 Å². The van der Waals surface area contributed by atoms with Crippen molar-refractivity contribution in [3.05, 3.63) is 32.8 Å². The van der Waals surface area contributed by atoms with E-state index in [1.165, 1.54) is 12.1 Å². The van der Waals surface area contributed by atoms with Gasteiger partial charge >= 0.3 is 0 Å². The van der Waals surface area contributed by atoms with E-state index >= 15 is 0 Å². The van der Waals surface area contributed by atoms with Gasteiger partial charge in [-0.3, -0.25) is 10.1 Å². The van der Waals surface area contributed by atoms with Gasteiger partial charge in [-0.05, 0) is 18.6 Å². The smallest absolute Gasteiger partial charge is 0.288 e. The number of benzene rings is 1. The lowest BCUT2D eigenvalue weighted by Crippen LogP contribution is -2.30. The third-order valence-corrected chi connectivity index (χ3v) is 2.85. The Balaban J connectivity index is 3.15. The largest absolute Gasteiger partial charge is 0.395 e. The standard InChI is InChI=1S/C11H15ClN2O4/c1-8-6-11(14(17)18)9(12)7-10(8)13(2-4-15)3-5-16/h6-7,15-16H,2-5H2,1H3. The molecule has 0 radical (unpaired) electrons. The van der Waals surface area contributed by atoms with E-state index in [4.69, 9.17) is 21.8 Å². The molecule has 1 aromatic carbocycles. The molecule has 0 amide bonds. The van der Waals surface area contributed by atoms with Crippen LogP contribution in [0.15, 0.2) is 12.1 Å². The quantitative estimate of drug-likeness (QED) is 0.604. The van der Waals surface area contributed by atoms with Gasteiger partial charge in [0, 0.05) is 24.8 Å². The molecule has 2 N–H and O–H groups in total. The van der Waals surface area contributed by atoms with Crippen molar-refractivity contribution in [2.45, 2.75) is 6.92 Å². The predicted molar refractivity (Wildman–Crippen MR) is 69.2 cm³/mol. The second kappa shape index (κ2) is 6.53. The Kier molecular flexibility index (Phi) is 5.33. The predicted octanol–water partition coefficient (Wildman–Crippen LogP) is 1.35. The molecule has 1 rings (SSSR count). The molecule has 0 saturated carbocycles. The van der Waals surface area contributed by atoms with Crippen LogP contribution in [0.5, 0.6) is 0 Å². The molecule has 7 heteroatoms. The van der Waals surface area contributed by atoms with E-state index < -0.39 is 4.92 Å². The maximum atomic E-state index is 10.7. The summed E-state index contributed by atoms with van der Waals surface area (Å²) < 4.78 is 0. The first-order chi connectivity index (χ1) is 8.51. The fraction of sp³-hybridized carbons (Fsp3) is 0.455. The van der Waals surface area contributed by atoms with Gasteiger partial charge in [-0.15, -0.1) is 0 Å². The van der Waals surface area contributed by atoms with Crippen LogP contribution in [0.3, 0.4) is 0 Å². The summed E-state index contributed by atoms with van der Waals surface area (Å²) in [5, 5.41) is 28.7. The molecule has 0 atom stereocenters. The molecule has 0 aliphatic rings. The van der Waals surface area contributed by atoms with E-state index in [2.05, 4.69) is 0 Å². The highest BCUT2D eigenvalue weighted by Crippen LogP contribution is 2.32. The first-order valence-corrected chi connectivity index (χ1v) is 5.80. The fourth-order valence-electron chi connectivity index (χ4n) is 1.73. The van der Waals surface area contributed by atoms with Gasteiger partial charge < -0.3 is 15.1 Å². The molecule has 0 aromatic heterocycles. The second-order valence-corrected chi connectivity index (χ2v) is 4.19. The molecule has 0 aliphatic heterocycles. The highest BCUT2D eigenvalue weighted by atomic mass is 35.5. The summed E-state index contributed by atoms with van der Waals surface area (Å²) in [5.74, 6) is 0. The highest BCUT2D eigenvalue weighted by Gasteiger charge is 2.17. The third kappa shape index (κ3) is 3.32. The summed E-state index contributed by atoms with van der Waals surface area (Å²) >= 11 is 5.85. The number of hydrogen-bond acceptors (Lipinski definition) is 5. The lowest BCUT2D eigenvalue weighted by molar-refractivity contribution is -0.384. The molecule has 0 unspecified atom stereocenters. The van der Waals surface area contributed by atoms with E-state index in [1.54, 1.807) is 11.8 Å². The lowest BCUT2D eigenvalue weighted by Gasteiger charge is -2.24. The normalized spacial score (nSPS) is 10.4. The number of hydrogen-bond donors (Lipinski definition) is 2. The number of aliphatic hydroxyl groups is 2. The first kappa shape index (κ1) is 14.7. The molecule has 1 aromatic rings. The van der Waals surface area contributed by atoms with Crippen LogP contribution >= 0.6 is 11.6 Å². The zero-order valence-corrected chi connectivity index (χ0v) is 10.7. The third-order valence-electron chi connectivity index (χ3n) is 2.54. The molecular formula is C11H15ClN2O4. The Morgan fingerprint density at radius 2 is 1.89 bits per heavy atom. The van der Waals surface area contributed by atoms with Crippen molar-refractivity contribution in [2.24, 2.45) is 0 Å². The van der Waals surface area contributed by atoms with Crippen LogP contribution in [-0.2, 0) is 0 Å². The number of anilines is 1. The molecule has 0 fully saturated rings. The van der Waals surface area contributed by atoms with Crippen molar-refractivity contribution < 1.29 is 15.1 Å². The Hall–Kier alpha value is -1.37. The number of nitrogens with zero attached hydrogens (tertiary/aromatic N) is 2. The van der Waals surface area contributed by atoms with Crippen molar-refractivity contribution in [2.75, 3.05) is 31.2 Å². The number of rotatable bonds is 6. The summed E-state index contributed by atoms with van der Waals surface area (Å²) in [6, 6.07) is 2.87. The van der Waals surface area contributed by atoms with Crippen LogP contribution in [0, 0.1) is 17.0 Å². The topological polar surface area (TPSA) is 86.8 Å². The van der Waals surface area contributed by atoms with Crippen molar-refractivity contribution >= 4 is 23.0 Å². The molecule has 6 nitrogen and oxygen atoms in total. The van der Waals surface area contributed by atoms with Crippen molar-refractivity contribution in [3.8, 4) is 0 Å². The van der Waals surface area contributed by atoms with E-state index in [0.29, 0.717) is 24.3 Å². The number of aliphatic hydroxyl groups excluding tert-OH is 2. The van der Waals surface area contributed by atoms with Crippen LogP contribution in [0.2, 0.25) is 5.02 Å². The van der Waals surface area contributed by atoms with Crippen LogP contribution in [0.1, 0.15) is 5.56 Å². The zero-order valence-electron chi connectivity index (χ0n) is 9.97. The van der Waals surface area contributed by atoms with Gasteiger partial charge in [0.25, 0.3) is 5.69 Å². The average Bonchev–Trinajstić information content (AvgIpc) is 2.31. The van der Waals surface area contributed by atoms with Gasteiger partial charge in [0.15, 0.2) is 0 Å². The highest BCUT2D eigenvalue weighted by molar-refractivity contribution is 6.33. The van der Waals surface area contributed by atoms with Crippen molar-refractivity contribution in [1.29, 1.82) is 0 Å². The maximum Gasteiger partial charge on any atom is 0.288 e. The minimum Gasteiger partial charge on any atom is -0.395 e. The Morgan fingerprint density at radius 3 is 2.33 bits per heavy atom. The molecule has 100 valence electrons. The number of nitro benzene ring substituents is 1. The summed E-state index contributed by atoms with van der Waals surface area (Å²) in [4.78, 5) is 11.9. The second-order valence-electron chi connectivity index (χ2n) is 3.78. The van der Waals surface area contributed by atoms with Crippen LogP contribution in [0.4, 0.5) is 11.4 Å². The molecule has 0 spiro atoms. The van der Waals surface area contributed by atoms with Gasteiger partial charge in [-0.2, -0.15) is 0 Å². The minimum atomic E-state index is -0.540. The molecule has 18 heavy (non-hydrogen) atoms. The van der Waals surface area contributed by atoms with Crippen molar-refractivity contribution in [1.82, 2.24) is 0 Å². The van der Waals surface area contributed by atoms with Gasteiger partial charge in [0.05, 0.1) is 18.1 Å². The van der Waals surface area contributed by atoms with Crippen LogP contribution < -0.4 is 4.90 Å². The van der Waals surface area contributed by atoms with E-state index in [-0.39, 0.29) is 23.9 Å². The monoisotopic (exact) mass is 274 g/mol. The summed E-state index contributed by atoms with van der Waals surface area (Å²) in [5.41, 5.74) is 1.20. The lowest BCUT2D eigenvalue weighted by atomic mass is 10.1. The van der Waals surface area contributed by atoms with Crippen LogP contribution in [-0.4, -0.2) is 41.4 Å². The first-order valence-electron chi connectivity index (χ1n) is 5.42. The Morgan fingerprint density at radius 1 is 1.33 bits per heavy atom. The summed E-state index contributed by atoms with van der Waals surface area (Å²) in [7, 11) is 0. The van der Waals surface area contributed by atoms with Gasteiger partial charge in [-0.25, -0.2) is 0 Å². The van der Waals surface area contributed by atoms with Gasteiger partial charge in [0.2, 0.25) is 0 Å². The molecule has 0 aliphatic carbocycles. The van der Waals surface area contributed by atoms with E-state index in [9.17, 15) is 10.1 Å². The van der Waals surface area contributed by atoms with E-state index in [1.807, 2.05) is 0 Å². The number of halogens is 1. The maximum absolute atomic E-state index is 10.7. The molecular weight excluding hydrogens is 260 g/mol. The molecule has 0 bridgehead atoms. The Labute approximate surface area is 110 Å². The minimum absolute atomic E-state index is 0.0430. The number of nitro groups is 1. The summed E-state index contributed by atoms with van der Waals surface area (Å²) in [6.07, 6.45) is 0. The average molecular weight is 275 g/mol. The van der Waals surface area contributed by atoms with E-state index in [0.717, 1.165) is 0 Å². The van der Waals surface area contributed by atoms with Crippen molar-refractivity contribution in [3.63, 3.8) is 0 Å².